The first-order valence-electron chi connectivity index (χ1n) is 9.54. The number of carbonyl (C=O) groups is 2. The average Bonchev–Trinajstić information content (AvgIpc) is 3.42. The van der Waals surface area contributed by atoms with E-state index >= 15 is 0 Å². The highest BCUT2D eigenvalue weighted by Crippen LogP contribution is 2.39. The molecule has 0 aliphatic heterocycles. The Kier molecular flexibility index (Phi) is 7.45. The molecule has 2 amide bonds. The fourth-order valence-corrected chi connectivity index (χ4v) is 3.09. The van der Waals surface area contributed by atoms with Crippen LogP contribution < -0.4 is 15.5 Å². The summed E-state index contributed by atoms with van der Waals surface area (Å²) in [6, 6.07) is 7.88. The summed E-state index contributed by atoms with van der Waals surface area (Å²) in [5.74, 6) is -0.439. The topological polar surface area (TPSA) is 64.7 Å². The quantitative estimate of drug-likeness (QED) is 0.628. The maximum atomic E-state index is 12.3. The maximum Gasteiger partial charge on any atom is 0.228 e. The van der Waals surface area contributed by atoms with Crippen molar-refractivity contribution in [3.05, 3.63) is 24.3 Å². The van der Waals surface area contributed by atoms with Crippen molar-refractivity contribution in [2.24, 2.45) is 11.8 Å². The van der Waals surface area contributed by atoms with Gasteiger partial charge in [0.1, 0.15) is 0 Å². The van der Waals surface area contributed by atoms with Crippen LogP contribution in [0.2, 0.25) is 0 Å². The highest BCUT2D eigenvalue weighted by Gasteiger charge is 2.47. The van der Waals surface area contributed by atoms with E-state index < -0.39 is 0 Å². The van der Waals surface area contributed by atoms with Gasteiger partial charge in [0, 0.05) is 31.0 Å². The Labute approximate surface area is 156 Å². The molecule has 2 atom stereocenters. The summed E-state index contributed by atoms with van der Waals surface area (Å²) >= 11 is 0. The smallest absolute Gasteiger partial charge is 0.228 e. The Bertz CT molecular complexity index is 596. The fourth-order valence-electron chi connectivity index (χ4n) is 3.09. The molecule has 2 N–H and O–H groups in total. The van der Waals surface area contributed by atoms with Gasteiger partial charge >= 0.3 is 0 Å². The second kappa shape index (κ2) is 9.57. The lowest BCUT2D eigenvalue weighted by Gasteiger charge is -2.21. The van der Waals surface area contributed by atoms with Gasteiger partial charge in [-0.05, 0) is 71.6 Å². The molecule has 1 fully saturated rings. The summed E-state index contributed by atoms with van der Waals surface area (Å²) in [5.41, 5.74) is 1.93. The molecule has 6 nitrogen and oxygen atoms in total. The third-order valence-corrected chi connectivity index (χ3v) is 4.81. The van der Waals surface area contributed by atoms with Crippen molar-refractivity contribution in [3.63, 3.8) is 0 Å². The van der Waals surface area contributed by atoms with E-state index in [1.165, 1.54) is 0 Å². The van der Waals surface area contributed by atoms with Gasteiger partial charge in [-0.2, -0.15) is 0 Å². The normalized spacial score (nSPS) is 18.5. The molecule has 26 heavy (non-hydrogen) atoms. The number of benzene rings is 1. The van der Waals surface area contributed by atoms with Crippen molar-refractivity contribution in [1.29, 1.82) is 0 Å². The molecule has 0 heterocycles. The van der Waals surface area contributed by atoms with Crippen molar-refractivity contribution in [1.82, 2.24) is 10.2 Å². The fraction of sp³-hybridized carbons (Fsp3) is 0.600. The average molecular weight is 361 g/mol. The molecule has 1 aliphatic carbocycles. The lowest BCUT2D eigenvalue weighted by Crippen LogP contribution is -2.30. The van der Waals surface area contributed by atoms with Crippen molar-refractivity contribution in [2.45, 2.75) is 26.7 Å². The van der Waals surface area contributed by atoms with Gasteiger partial charge in [-0.15, -0.1) is 0 Å². The number of rotatable bonds is 10. The van der Waals surface area contributed by atoms with Crippen molar-refractivity contribution in [2.75, 3.05) is 50.5 Å². The van der Waals surface area contributed by atoms with Gasteiger partial charge in [0.05, 0.1) is 11.8 Å². The minimum absolute atomic E-state index is 0.000729. The summed E-state index contributed by atoms with van der Waals surface area (Å²) in [6.07, 6.45) is 1.56. The second-order valence-electron chi connectivity index (χ2n) is 7.10. The van der Waals surface area contributed by atoms with E-state index in [1.807, 2.05) is 38.4 Å². The van der Waals surface area contributed by atoms with Gasteiger partial charge in [-0.1, -0.05) is 0 Å². The van der Waals surface area contributed by atoms with Crippen LogP contribution in [0.5, 0.6) is 0 Å². The number of amides is 2. The van der Waals surface area contributed by atoms with E-state index in [0.29, 0.717) is 13.0 Å². The molecule has 144 valence electrons. The number of nitrogens with zero attached hydrogens (tertiary/aromatic N) is 2. The third kappa shape index (κ3) is 5.73. The first-order chi connectivity index (χ1) is 12.5. The van der Waals surface area contributed by atoms with Crippen molar-refractivity contribution < 1.29 is 9.59 Å². The lowest BCUT2D eigenvalue weighted by molar-refractivity contribution is -0.125. The SMILES string of the molecule is CCN(CC)c1ccc(NC(=O)C2CC2C(=O)NCCCN(C)C)cc1. The van der Waals surface area contributed by atoms with E-state index in [2.05, 4.69) is 34.3 Å². The molecular formula is C20H32N4O2. The van der Waals surface area contributed by atoms with Crippen LogP contribution in [0, 0.1) is 11.8 Å². The van der Waals surface area contributed by atoms with Gasteiger partial charge in [-0.3, -0.25) is 9.59 Å². The van der Waals surface area contributed by atoms with Gasteiger partial charge in [0.25, 0.3) is 0 Å². The Morgan fingerprint density at radius 1 is 1.04 bits per heavy atom. The molecule has 6 heteroatoms. The van der Waals surface area contributed by atoms with Crippen LogP contribution in [0.25, 0.3) is 0 Å². The largest absolute Gasteiger partial charge is 0.372 e. The van der Waals surface area contributed by atoms with Crippen LogP contribution in [-0.2, 0) is 9.59 Å². The highest BCUT2D eigenvalue weighted by molar-refractivity contribution is 5.99. The van der Waals surface area contributed by atoms with Crippen LogP contribution in [-0.4, -0.2) is 57.0 Å². The van der Waals surface area contributed by atoms with Crippen LogP contribution in [0.3, 0.4) is 0 Å². The molecule has 2 rings (SSSR count). The second-order valence-corrected chi connectivity index (χ2v) is 7.10. The van der Waals surface area contributed by atoms with Gasteiger partial charge < -0.3 is 20.4 Å². The monoisotopic (exact) mass is 360 g/mol. The van der Waals surface area contributed by atoms with Crippen molar-refractivity contribution in [3.8, 4) is 0 Å². The minimum Gasteiger partial charge on any atom is -0.372 e. The number of hydrogen-bond donors (Lipinski definition) is 2. The molecule has 0 saturated heterocycles. The Balaban J connectivity index is 1.76. The number of hydrogen-bond acceptors (Lipinski definition) is 4. The summed E-state index contributed by atoms with van der Waals surface area (Å²) < 4.78 is 0. The van der Waals surface area contributed by atoms with Gasteiger partial charge in [0.15, 0.2) is 0 Å². The molecule has 2 unspecified atom stereocenters. The summed E-state index contributed by atoms with van der Waals surface area (Å²) in [6.45, 7) is 7.76. The predicted octanol–water partition coefficient (Wildman–Crippen LogP) is 2.18. The molecule has 1 aliphatic rings. The zero-order chi connectivity index (χ0) is 19.1. The minimum atomic E-state index is -0.202. The van der Waals surface area contributed by atoms with E-state index in [9.17, 15) is 9.59 Å². The van der Waals surface area contributed by atoms with Crippen molar-refractivity contribution >= 4 is 23.2 Å². The Hall–Kier alpha value is -2.08. The van der Waals surface area contributed by atoms with Gasteiger partial charge in [0.2, 0.25) is 11.8 Å². The third-order valence-electron chi connectivity index (χ3n) is 4.81. The standard InChI is InChI=1S/C20H32N4O2/c1-5-24(6-2)16-10-8-15(9-11-16)22-20(26)18-14-17(18)19(25)21-12-7-13-23(3)4/h8-11,17-18H,5-7,12-14H2,1-4H3,(H,21,25)(H,22,26). The lowest BCUT2D eigenvalue weighted by atomic mass is 10.2. The van der Waals surface area contributed by atoms with Crippen LogP contribution in [0.15, 0.2) is 24.3 Å². The van der Waals surface area contributed by atoms with Crippen LogP contribution in [0.4, 0.5) is 11.4 Å². The van der Waals surface area contributed by atoms with Crippen LogP contribution in [0.1, 0.15) is 26.7 Å². The number of carbonyl (C=O) groups excluding carboxylic acids is 2. The Morgan fingerprint density at radius 2 is 1.65 bits per heavy atom. The first-order valence-corrected chi connectivity index (χ1v) is 9.54. The molecule has 0 aromatic heterocycles. The molecule has 1 aromatic carbocycles. The van der Waals surface area contributed by atoms with E-state index in [-0.39, 0.29) is 23.7 Å². The molecule has 1 saturated carbocycles. The van der Waals surface area contributed by atoms with Crippen LogP contribution >= 0.6 is 0 Å². The number of nitrogens with one attached hydrogen (secondary N) is 2. The van der Waals surface area contributed by atoms with E-state index in [0.717, 1.165) is 37.4 Å². The van der Waals surface area contributed by atoms with Gasteiger partial charge in [-0.25, -0.2) is 0 Å². The summed E-state index contributed by atoms with van der Waals surface area (Å²) in [5, 5.41) is 5.86. The maximum absolute atomic E-state index is 12.3. The molecule has 0 spiro atoms. The molecular weight excluding hydrogens is 328 g/mol. The Morgan fingerprint density at radius 3 is 2.23 bits per heavy atom. The molecule has 1 aromatic rings. The van der Waals surface area contributed by atoms with E-state index in [1.54, 1.807) is 0 Å². The number of anilines is 2. The zero-order valence-corrected chi connectivity index (χ0v) is 16.4. The molecule has 0 radical (unpaired) electrons. The zero-order valence-electron chi connectivity index (χ0n) is 16.4. The highest BCUT2D eigenvalue weighted by atomic mass is 16.2. The first kappa shape index (κ1) is 20.2. The summed E-state index contributed by atoms with van der Waals surface area (Å²) in [7, 11) is 4.02. The predicted molar refractivity (Wildman–Crippen MR) is 106 cm³/mol. The summed E-state index contributed by atoms with van der Waals surface area (Å²) in [4.78, 5) is 28.8. The molecule has 0 bridgehead atoms. The van der Waals surface area contributed by atoms with E-state index in [4.69, 9.17) is 0 Å².